The minimum absolute atomic E-state index is 0.148. The molecule has 0 aromatic rings. The zero-order valence-electron chi connectivity index (χ0n) is 4.93. The van der Waals surface area contributed by atoms with E-state index >= 15 is 0 Å². The maximum absolute atomic E-state index is 8.68. The molecule has 2 nitrogen and oxygen atoms in total. The van der Waals surface area contributed by atoms with E-state index in [1.807, 2.05) is 0 Å². The molecule has 0 amide bonds. The van der Waals surface area contributed by atoms with Gasteiger partial charge >= 0.3 is 0 Å². The molecule has 0 aromatic heterocycles. The van der Waals surface area contributed by atoms with Crippen LogP contribution in [-0.2, 0) is 0 Å². The fraction of sp³-hybridized carbons (Fsp3) is 1.00. The first-order chi connectivity index (χ1) is 3.83. The van der Waals surface area contributed by atoms with E-state index in [4.69, 9.17) is 10.2 Å². The van der Waals surface area contributed by atoms with E-state index in [9.17, 15) is 0 Å². The van der Waals surface area contributed by atoms with Crippen LogP contribution in [0, 0.1) is 5.41 Å². The lowest BCUT2D eigenvalue weighted by Crippen LogP contribution is -2.07. The van der Waals surface area contributed by atoms with Crippen LogP contribution in [0.25, 0.3) is 0 Å². The van der Waals surface area contributed by atoms with Crippen molar-refractivity contribution in [1.82, 2.24) is 0 Å². The van der Waals surface area contributed by atoms with Crippen molar-refractivity contribution in [3.63, 3.8) is 0 Å². The highest BCUT2D eigenvalue weighted by molar-refractivity contribution is 4.91. The van der Waals surface area contributed by atoms with E-state index < -0.39 is 0 Å². The molecule has 1 rings (SSSR count). The molecule has 1 saturated carbocycles. The lowest BCUT2D eigenvalue weighted by atomic mass is 10.1. The summed E-state index contributed by atoms with van der Waals surface area (Å²) in [6.07, 6.45) is 2.98. The number of hydrogen-bond acceptors (Lipinski definition) is 2. The van der Waals surface area contributed by atoms with Crippen LogP contribution < -0.4 is 0 Å². The summed E-state index contributed by atoms with van der Waals surface area (Å²) in [4.78, 5) is 0. The van der Waals surface area contributed by atoms with Gasteiger partial charge in [0, 0.05) is 13.2 Å². The van der Waals surface area contributed by atoms with Crippen LogP contribution in [0.1, 0.15) is 19.3 Å². The molecule has 1 fully saturated rings. The Morgan fingerprint density at radius 1 is 1.25 bits per heavy atom. The van der Waals surface area contributed by atoms with Gasteiger partial charge in [0.25, 0.3) is 0 Å². The third kappa shape index (κ3) is 1.01. The van der Waals surface area contributed by atoms with Gasteiger partial charge in [0.1, 0.15) is 0 Å². The minimum Gasteiger partial charge on any atom is -0.396 e. The summed E-state index contributed by atoms with van der Waals surface area (Å²) >= 11 is 0. The zero-order valence-corrected chi connectivity index (χ0v) is 4.93. The normalized spacial score (nSPS) is 23.2. The van der Waals surface area contributed by atoms with Crippen LogP contribution in [0.2, 0.25) is 0 Å². The quantitative estimate of drug-likeness (QED) is 0.550. The van der Waals surface area contributed by atoms with Crippen molar-refractivity contribution in [3.05, 3.63) is 0 Å². The molecule has 2 heteroatoms. The monoisotopic (exact) mass is 116 g/mol. The third-order valence-corrected chi connectivity index (χ3v) is 1.93. The average Bonchev–Trinajstić information content (AvgIpc) is 2.50. The summed E-state index contributed by atoms with van der Waals surface area (Å²) in [6.45, 7) is 0.480. The SMILES string of the molecule is OCCC1(CO)CC1. The molecule has 0 radical (unpaired) electrons. The van der Waals surface area contributed by atoms with Gasteiger partial charge in [0.2, 0.25) is 0 Å². The van der Waals surface area contributed by atoms with Gasteiger partial charge in [-0.1, -0.05) is 0 Å². The Kier molecular flexibility index (Phi) is 1.54. The van der Waals surface area contributed by atoms with Crippen molar-refractivity contribution < 1.29 is 10.2 Å². The third-order valence-electron chi connectivity index (χ3n) is 1.93. The van der Waals surface area contributed by atoms with Gasteiger partial charge in [-0.25, -0.2) is 0 Å². The largest absolute Gasteiger partial charge is 0.396 e. The maximum atomic E-state index is 8.68. The van der Waals surface area contributed by atoms with Crippen molar-refractivity contribution in [3.8, 4) is 0 Å². The van der Waals surface area contributed by atoms with Crippen LogP contribution in [0.3, 0.4) is 0 Å². The summed E-state index contributed by atoms with van der Waals surface area (Å²) in [5.41, 5.74) is 0.148. The Hall–Kier alpha value is -0.0800. The molecule has 1 aliphatic rings. The Morgan fingerprint density at radius 2 is 1.88 bits per heavy atom. The molecule has 0 atom stereocenters. The fourth-order valence-electron chi connectivity index (χ4n) is 0.901. The molecule has 48 valence electrons. The average molecular weight is 116 g/mol. The maximum Gasteiger partial charge on any atom is 0.0488 e. The van der Waals surface area contributed by atoms with Gasteiger partial charge in [0.15, 0.2) is 0 Å². The highest BCUT2D eigenvalue weighted by atomic mass is 16.3. The van der Waals surface area contributed by atoms with Gasteiger partial charge < -0.3 is 10.2 Å². The van der Waals surface area contributed by atoms with Crippen LogP contribution in [0.15, 0.2) is 0 Å². The first kappa shape index (κ1) is 6.05. The Balaban J connectivity index is 2.20. The molecule has 2 N–H and O–H groups in total. The molecular formula is C6H12O2. The minimum atomic E-state index is 0.148. The Morgan fingerprint density at radius 3 is 2.00 bits per heavy atom. The number of aliphatic hydroxyl groups excluding tert-OH is 2. The van der Waals surface area contributed by atoms with Crippen LogP contribution in [0.4, 0.5) is 0 Å². The van der Waals surface area contributed by atoms with E-state index in [0.717, 1.165) is 19.3 Å². The lowest BCUT2D eigenvalue weighted by Gasteiger charge is -2.06. The predicted octanol–water partition coefficient (Wildman–Crippen LogP) is 0.141. The second-order valence-corrected chi connectivity index (χ2v) is 2.63. The Labute approximate surface area is 49.1 Å². The van der Waals surface area contributed by atoms with E-state index in [0.29, 0.717) is 0 Å². The first-order valence-corrected chi connectivity index (χ1v) is 3.05. The molecular weight excluding hydrogens is 104 g/mol. The summed E-state index contributed by atoms with van der Waals surface area (Å²) in [6, 6.07) is 0. The smallest absolute Gasteiger partial charge is 0.0488 e. The van der Waals surface area contributed by atoms with E-state index in [1.165, 1.54) is 0 Å². The van der Waals surface area contributed by atoms with Gasteiger partial charge in [-0.2, -0.15) is 0 Å². The second-order valence-electron chi connectivity index (χ2n) is 2.63. The highest BCUT2D eigenvalue weighted by Crippen LogP contribution is 2.47. The second kappa shape index (κ2) is 2.03. The molecule has 0 heterocycles. The van der Waals surface area contributed by atoms with E-state index in [-0.39, 0.29) is 18.6 Å². The number of aliphatic hydroxyl groups is 2. The standard InChI is InChI=1S/C6H12O2/c7-4-3-6(5-8)1-2-6/h7-8H,1-5H2. The fourth-order valence-corrected chi connectivity index (χ4v) is 0.901. The lowest BCUT2D eigenvalue weighted by molar-refractivity contribution is 0.169. The zero-order chi connectivity index (χ0) is 6.04. The van der Waals surface area contributed by atoms with Gasteiger partial charge in [0.05, 0.1) is 0 Å². The van der Waals surface area contributed by atoms with Gasteiger partial charge in [-0.3, -0.25) is 0 Å². The molecule has 0 spiro atoms. The summed E-state index contributed by atoms with van der Waals surface area (Å²) in [7, 11) is 0. The highest BCUT2D eigenvalue weighted by Gasteiger charge is 2.40. The first-order valence-electron chi connectivity index (χ1n) is 3.05. The van der Waals surface area contributed by atoms with Crippen LogP contribution in [-0.4, -0.2) is 23.4 Å². The molecule has 0 unspecified atom stereocenters. The van der Waals surface area contributed by atoms with E-state index in [2.05, 4.69) is 0 Å². The topological polar surface area (TPSA) is 40.5 Å². The molecule has 0 bridgehead atoms. The molecule has 1 aliphatic carbocycles. The van der Waals surface area contributed by atoms with Crippen LogP contribution in [0.5, 0.6) is 0 Å². The Bertz CT molecular complexity index is 76.6. The van der Waals surface area contributed by atoms with Crippen molar-refractivity contribution in [2.24, 2.45) is 5.41 Å². The van der Waals surface area contributed by atoms with Gasteiger partial charge in [-0.05, 0) is 24.7 Å². The summed E-state index contributed by atoms with van der Waals surface area (Å²) in [5.74, 6) is 0. The number of rotatable bonds is 3. The van der Waals surface area contributed by atoms with Crippen molar-refractivity contribution in [2.45, 2.75) is 19.3 Å². The molecule has 0 aliphatic heterocycles. The van der Waals surface area contributed by atoms with Gasteiger partial charge in [-0.15, -0.1) is 0 Å². The molecule has 0 saturated heterocycles. The van der Waals surface area contributed by atoms with Crippen molar-refractivity contribution >= 4 is 0 Å². The van der Waals surface area contributed by atoms with Crippen molar-refractivity contribution in [2.75, 3.05) is 13.2 Å². The molecule has 8 heavy (non-hydrogen) atoms. The van der Waals surface area contributed by atoms with E-state index in [1.54, 1.807) is 0 Å². The summed E-state index contributed by atoms with van der Waals surface area (Å²) in [5, 5.41) is 17.1. The van der Waals surface area contributed by atoms with Crippen LogP contribution >= 0.6 is 0 Å². The summed E-state index contributed by atoms with van der Waals surface area (Å²) < 4.78 is 0. The van der Waals surface area contributed by atoms with Crippen molar-refractivity contribution in [1.29, 1.82) is 0 Å². The predicted molar refractivity (Wildman–Crippen MR) is 30.5 cm³/mol. The number of hydrogen-bond donors (Lipinski definition) is 2. The molecule has 0 aromatic carbocycles.